The van der Waals surface area contributed by atoms with E-state index in [1.807, 2.05) is 50.2 Å². The highest BCUT2D eigenvalue weighted by Crippen LogP contribution is 2.39. The molecular formula is C24H29N3O6. The third kappa shape index (κ3) is 5.94. The molecule has 1 amide bonds. The summed E-state index contributed by atoms with van der Waals surface area (Å²) >= 11 is 0. The second-order valence-electron chi connectivity index (χ2n) is 8.50. The van der Waals surface area contributed by atoms with E-state index in [2.05, 4.69) is 10.6 Å². The zero-order valence-corrected chi connectivity index (χ0v) is 18.6. The van der Waals surface area contributed by atoms with E-state index in [1.165, 1.54) is 0 Å². The van der Waals surface area contributed by atoms with Gasteiger partial charge in [-0.25, -0.2) is 0 Å². The highest BCUT2D eigenvalue weighted by Gasteiger charge is 2.57. The van der Waals surface area contributed by atoms with Crippen LogP contribution in [0.2, 0.25) is 0 Å². The van der Waals surface area contributed by atoms with Crippen LogP contribution in [-0.2, 0) is 20.9 Å². The van der Waals surface area contributed by atoms with Crippen LogP contribution in [0.4, 0.5) is 0 Å². The van der Waals surface area contributed by atoms with Crippen LogP contribution in [0.5, 0.6) is 0 Å². The summed E-state index contributed by atoms with van der Waals surface area (Å²) in [5.41, 5.74) is 1.60. The quantitative estimate of drug-likeness (QED) is 0.370. The molecule has 0 saturated carbocycles. The molecule has 3 N–H and O–H groups in total. The van der Waals surface area contributed by atoms with E-state index in [1.54, 1.807) is 24.3 Å². The van der Waals surface area contributed by atoms with Crippen molar-refractivity contribution in [2.45, 2.75) is 44.7 Å². The van der Waals surface area contributed by atoms with Gasteiger partial charge in [0.15, 0.2) is 0 Å². The number of hydrogen-bond acceptors (Lipinski definition) is 6. The number of carboxylic acids is 1. The average molecular weight is 456 g/mol. The highest BCUT2D eigenvalue weighted by molar-refractivity contribution is 5.86. The second-order valence-corrected chi connectivity index (χ2v) is 8.50. The average Bonchev–Trinajstić information content (AvgIpc) is 3.19. The zero-order valence-electron chi connectivity index (χ0n) is 18.6. The number of nitro groups is 1. The molecule has 0 spiro atoms. The lowest BCUT2D eigenvalue weighted by Crippen LogP contribution is -2.51. The SMILES string of the molecule is CC(C)[C@H](OCc1ccccc1)[C@H]1[C@H]([N+](=O)[O-])[C@H](c2ccccc2)N[C@@H]1C(=O)NCC(=O)O. The molecule has 2 aromatic carbocycles. The van der Waals surface area contributed by atoms with Gasteiger partial charge < -0.3 is 15.2 Å². The number of nitrogens with zero attached hydrogens (tertiary/aromatic N) is 1. The number of rotatable bonds is 10. The number of nitrogens with one attached hydrogen (secondary N) is 2. The monoisotopic (exact) mass is 455 g/mol. The summed E-state index contributed by atoms with van der Waals surface area (Å²) < 4.78 is 6.20. The van der Waals surface area contributed by atoms with Gasteiger partial charge in [-0.3, -0.25) is 25.0 Å². The molecular weight excluding hydrogens is 426 g/mol. The molecule has 5 atom stereocenters. The Morgan fingerprint density at radius 1 is 1.12 bits per heavy atom. The van der Waals surface area contributed by atoms with Crippen molar-refractivity contribution in [3.8, 4) is 0 Å². The van der Waals surface area contributed by atoms with E-state index in [9.17, 15) is 19.7 Å². The Balaban J connectivity index is 1.96. The van der Waals surface area contributed by atoms with Gasteiger partial charge in [0.2, 0.25) is 11.9 Å². The number of aliphatic carboxylic acids is 1. The van der Waals surface area contributed by atoms with Crippen molar-refractivity contribution in [1.29, 1.82) is 0 Å². The van der Waals surface area contributed by atoms with E-state index < -0.39 is 48.6 Å². The molecule has 2 aromatic rings. The molecule has 0 bridgehead atoms. The first-order valence-electron chi connectivity index (χ1n) is 10.9. The molecule has 0 aliphatic carbocycles. The Labute approximate surface area is 192 Å². The Morgan fingerprint density at radius 2 is 1.73 bits per heavy atom. The van der Waals surface area contributed by atoms with Crippen molar-refractivity contribution in [3.63, 3.8) is 0 Å². The van der Waals surface area contributed by atoms with Crippen LogP contribution in [-0.4, -0.2) is 46.6 Å². The molecule has 176 valence electrons. The van der Waals surface area contributed by atoms with E-state index >= 15 is 0 Å². The predicted molar refractivity (Wildman–Crippen MR) is 121 cm³/mol. The van der Waals surface area contributed by atoms with Crippen LogP contribution in [0.25, 0.3) is 0 Å². The number of ether oxygens (including phenoxy) is 1. The number of carbonyl (C=O) groups is 2. The molecule has 1 aliphatic rings. The molecule has 0 unspecified atom stereocenters. The topological polar surface area (TPSA) is 131 Å². The smallest absolute Gasteiger partial charge is 0.322 e. The number of carbonyl (C=O) groups excluding carboxylic acids is 1. The zero-order chi connectivity index (χ0) is 24.0. The van der Waals surface area contributed by atoms with Crippen LogP contribution in [0.3, 0.4) is 0 Å². The third-order valence-electron chi connectivity index (χ3n) is 5.90. The lowest BCUT2D eigenvalue weighted by Gasteiger charge is -2.31. The molecule has 9 heteroatoms. The Morgan fingerprint density at radius 3 is 2.27 bits per heavy atom. The van der Waals surface area contributed by atoms with Crippen molar-refractivity contribution < 1.29 is 24.4 Å². The maximum atomic E-state index is 13.0. The van der Waals surface area contributed by atoms with Crippen molar-refractivity contribution in [1.82, 2.24) is 10.6 Å². The van der Waals surface area contributed by atoms with Crippen LogP contribution in [0.1, 0.15) is 31.0 Å². The lowest BCUT2D eigenvalue weighted by atomic mass is 9.82. The largest absolute Gasteiger partial charge is 0.480 e. The summed E-state index contributed by atoms with van der Waals surface area (Å²) in [7, 11) is 0. The summed E-state index contributed by atoms with van der Waals surface area (Å²) in [4.78, 5) is 35.9. The summed E-state index contributed by atoms with van der Waals surface area (Å²) in [6.45, 7) is 3.47. The van der Waals surface area contributed by atoms with Gasteiger partial charge in [0, 0.05) is 4.92 Å². The predicted octanol–water partition coefficient (Wildman–Crippen LogP) is 2.40. The molecule has 0 aromatic heterocycles. The van der Waals surface area contributed by atoms with E-state index in [-0.39, 0.29) is 17.4 Å². The highest BCUT2D eigenvalue weighted by atomic mass is 16.6. The van der Waals surface area contributed by atoms with Crippen LogP contribution in [0.15, 0.2) is 60.7 Å². The van der Waals surface area contributed by atoms with Crippen LogP contribution < -0.4 is 10.6 Å². The summed E-state index contributed by atoms with van der Waals surface area (Å²) in [5.74, 6) is -2.74. The van der Waals surface area contributed by atoms with E-state index in [0.29, 0.717) is 5.56 Å². The fourth-order valence-electron chi connectivity index (χ4n) is 4.46. The molecule has 1 saturated heterocycles. The first-order valence-corrected chi connectivity index (χ1v) is 10.9. The first-order chi connectivity index (χ1) is 15.8. The molecule has 33 heavy (non-hydrogen) atoms. The second kappa shape index (κ2) is 11.0. The minimum Gasteiger partial charge on any atom is -0.480 e. The van der Waals surface area contributed by atoms with Crippen LogP contribution in [0, 0.1) is 22.0 Å². The van der Waals surface area contributed by atoms with Gasteiger partial charge in [-0.15, -0.1) is 0 Å². The van der Waals surface area contributed by atoms with Crippen molar-refractivity contribution in [2.75, 3.05) is 6.54 Å². The number of amides is 1. The molecule has 9 nitrogen and oxygen atoms in total. The van der Waals surface area contributed by atoms with Gasteiger partial charge in [-0.2, -0.15) is 0 Å². The standard InChI is InChI=1S/C24H29N3O6/c1-15(2)23(33-14-16-9-5-3-6-10-16)19-21(24(30)25-13-18(28)29)26-20(22(19)27(31)32)17-11-7-4-8-12-17/h3-12,15,19-23,26H,13-14H2,1-2H3,(H,25,30)(H,28,29)/t19-,20+,21+,22+,23+/m1/s1. The lowest BCUT2D eigenvalue weighted by molar-refractivity contribution is -0.535. The number of hydrogen-bond donors (Lipinski definition) is 3. The van der Waals surface area contributed by atoms with Crippen molar-refractivity contribution in [2.24, 2.45) is 11.8 Å². The van der Waals surface area contributed by atoms with Gasteiger partial charge >= 0.3 is 5.97 Å². The fourth-order valence-corrected chi connectivity index (χ4v) is 4.46. The normalized spacial score (nSPS) is 23.2. The Kier molecular flexibility index (Phi) is 8.13. The van der Waals surface area contributed by atoms with E-state index in [4.69, 9.17) is 9.84 Å². The minimum atomic E-state index is -1.19. The molecule has 1 heterocycles. The Bertz CT molecular complexity index is 953. The third-order valence-corrected chi connectivity index (χ3v) is 5.90. The van der Waals surface area contributed by atoms with Gasteiger partial charge in [-0.05, 0) is 17.0 Å². The molecule has 0 radical (unpaired) electrons. The number of carboxylic acid groups (broad SMARTS) is 1. The Hall–Kier alpha value is -3.30. The van der Waals surface area contributed by atoms with Gasteiger partial charge in [-0.1, -0.05) is 74.5 Å². The molecule has 3 rings (SSSR count). The van der Waals surface area contributed by atoms with Crippen LogP contribution >= 0.6 is 0 Å². The van der Waals surface area contributed by atoms with Gasteiger partial charge in [0.25, 0.3) is 0 Å². The fraction of sp³-hybridized carbons (Fsp3) is 0.417. The molecule has 1 fully saturated rings. The minimum absolute atomic E-state index is 0.132. The maximum absolute atomic E-state index is 13.0. The van der Waals surface area contributed by atoms with Gasteiger partial charge in [0.05, 0.1) is 24.7 Å². The maximum Gasteiger partial charge on any atom is 0.322 e. The van der Waals surface area contributed by atoms with Crippen molar-refractivity contribution in [3.05, 3.63) is 81.9 Å². The van der Waals surface area contributed by atoms with Crippen molar-refractivity contribution >= 4 is 11.9 Å². The molecule has 1 aliphatic heterocycles. The number of benzene rings is 2. The van der Waals surface area contributed by atoms with Gasteiger partial charge in [0.1, 0.15) is 12.6 Å². The summed E-state index contributed by atoms with van der Waals surface area (Å²) in [6.07, 6.45) is -0.623. The summed E-state index contributed by atoms with van der Waals surface area (Å²) in [5, 5.41) is 26.8. The summed E-state index contributed by atoms with van der Waals surface area (Å²) in [6, 6.07) is 15.5. The van der Waals surface area contributed by atoms with E-state index in [0.717, 1.165) is 5.56 Å². The first kappa shape index (κ1) is 24.3.